The molecule has 0 radical (unpaired) electrons. The summed E-state index contributed by atoms with van der Waals surface area (Å²) in [4.78, 5) is 0. The Labute approximate surface area is 139 Å². The largest absolute Gasteiger partial charge is 0.412 e. The minimum atomic E-state index is -0.446. The maximum atomic E-state index is 7.57. The van der Waals surface area contributed by atoms with Crippen LogP contribution in [0.25, 0.3) is 0 Å². The maximum absolute atomic E-state index is 7.57. The Hall–Kier alpha value is -1.99. The van der Waals surface area contributed by atoms with E-state index in [-0.39, 0.29) is 12.1 Å². The summed E-state index contributed by atoms with van der Waals surface area (Å²) in [6, 6.07) is 32.3. The third-order valence-electron chi connectivity index (χ3n) is 3.04. The second-order valence-corrected chi connectivity index (χ2v) is 6.88. The molecule has 0 spiro atoms. The van der Waals surface area contributed by atoms with Crippen molar-refractivity contribution >= 4 is 23.8 Å². The molecule has 3 heteroatoms. The summed E-state index contributed by atoms with van der Waals surface area (Å²) in [5.41, 5.74) is 0. The van der Waals surface area contributed by atoms with Gasteiger partial charge in [0.15, 0.2) is 0 Å². The second-order valence-electron chi connectivity index (χ2n) is 4.66. The van der Waals surface area contributed by atoms with Gasteiger partial charge in [0.25, 0.3) is 0 Å². The Bertz CT molecular complexity index is 548. The lowest BCUT2D eigenvalue weighted by molar-refractivity contribution is 0.318. The van der Waals surface area contributed by atoms with Gasteiger partial charge in [-0.25, -0.2) is 0 Å². The van der Waals surface area contributed by atoms with E-state index in [9.17, 15) is 0 Å². The van der Waals surface area contributed by atoms with Crippen LogP contribution in [0.15, 0.2) is 91.0 Å². The Kier molecular flexibility index (Phi) is 8.86. The molecule has 0 aliphatic rings. The van der Waals surface area contributed by atoms with Crippen molar-refractivity contribution in [3.05, 3.63) is 91.0 Å². The van der Waals surface area contributed by atoms with Crippen LogP contribution in [-0.4, -0.2) is 17.2 Å². The fourth-order valence-electron chi connectivity index (χ4n) is 2.18. The number of hydrogen-bond acceptors (Lipinski definition) is 1. The number of benzene rings is 3. The minimum absolute atomic E-state index is 0. The second kappa shape index (κ2) is 10.7. The van der Waals surface area contributed by atoms with Crippen LogP contribution in [0.2, 0.25) is 0 Å². The monoisotopic (exact) mass is 326 g/mol. The first-order valence-electron chi connectivity index (χ1n) is 7.43. The molecule has 0 saturated heterocycles. The molecule has 0 heterocycles. The smallest absolute Gasteiger partial charge is 0.0402 e. The molecular weight excluding hydrogens is 303 g/mol. The zero-order chi connectivity index (χ0) is 15.6. The predicted molar refractivity (Wildman–Crippen MR) is 102 cm³/mol. The van der Waals surface area contributed by atoms with E-state index < -0.39 is 7.92 Å². The van der Waals surface area contributed by atoms with Crippen molar-refractivity contribution in [2.75, 3.05) is 6.61 Å². The third kappa shape index (κ3) is 5.61. The van der Waals surface area contributed by atoms with Crippen molar-refractivity contribution in [2.24, 2.45) is 0 Å². The van der Waals surface area contributed by atoms with Crippen molar-refractivity contribution < 1.29 is 10.6 Å². The topological polar surface area (TPSA) is 51.7 Å². The predicted octanol–water partition coefficient (Wildman–Crippen LogP) is 2.62. The first-order chi connectivity index (χ1) is 10.9. The molecule has 120 valence electrons. The SMILES string of the molecule is CCO.O.c1ccc(P(c2ccccc2)c2ccccc2)cc1. The van der Waals surface area contributed by atoms with Gasteiger partial charge in [0, 0.05) is 6.61 Å². The normalized spacial score (nSPS) is 9.52. The van der Waals surface area contributed by atoms with Crippen LogP contribution < -0.4 is 15.9 Å². The van der Waals surface area contributed by atoms with Gasteiger partial charge in [-0.05, 0) is 30.8 Å². The number of hydrogen-bond donors (Lipinski definition) is 1. The molecule has 0 aromatic heterocycles. The van der Waals surface area contributed by atoms with Gasteiger partial charge in [-0.1, -0.05) is 91.0 Å². The lowest BCUT2D eigenvalue weighted by atomic mass is 10.4. The number of rotatable bonds is 3. The molecule has 0 aliphatic heterocycles. The van der Waals surface area contributed by atoms with Crippen molar-refractivity contribution in [1.82, 2.24) is 0 Å². The van der Waals surface area contributed by atoms with E-state index in [0.717, 1.165) is 0 Å². The van der Waals surface area contributed by atoms with E-state index >= 15 is 0 Å². The van der Waals surface area contributed by atoms with Crippen molar-refractivity contribution in [3.8, 4) is 0 Å². The summed E-state index contributed by atoms with van der Waals surface area (Å²) in [5, 5.41) is 11.8. The van der Waals surface area contributed by atoms with Crippen LogP contribution in [-0.2, 0) is 0 Å². The quantitative estimate of drug-likeness (QED) is 0.739. The van der Waals surface area contributed by atoms with E-state index in [0.29, 0.717) is 0 Å². The molecule has 3 aromatic rings. The number of aliphatic hydroxyl groups is 1. The molecular formula is C20H23O2P. The molecule has 2 nitrogen and oxygen atoms in total. The van der Waals surface area contributed by atoms with E-state index in [1.165, 1.54) is 15.9 Å². The van der Waals surface area contributed by atoms with Gasteiger partial charge in [-0.3, -0.25) is 0 Å². The number of aliphatic hydroxyl groups excluding tert-OH is 1. The van der Waals surface area contributed by atoms with Gasteiger partial charge in [-0.15, -0.1) is 0 Å². The van der Waals surface area contributed by atoms with Crippen LogP contribution in [0.3, 0.4) is 0 Å². The summed E-state index contributed by atoms with van der Waals surface area (Å²) in [6.07, 6.45) is 0. The molecule has 0 unspecified atom stereocenters. The molecule has 0 fully saturated rings. The van der Waals surface area contributed by atoms with Crippen molar-refractivity contribution in [1.29, 1.82) is 0 Å². The average molecular weight is 326 g/mol. The molecule has 0 bridgehead atoms. The minimum Gasteiger partial charge on any atom is -0.412 e. The summed E-state index contributed by atoms with van der Waals surface area (Å²) in [7, 11) is -0.446. The molecule has 0 atom stereocenters. The van der Waals surface area contributed by atoms with E-state index in [1.807, 2.05) is 0 Å². The highest BCUT2D eigenvalue weighted by Gasteiger charge is 2.14. The first-order valence-corrected chi connectivity index (χ1v) is 8.77. The van der Waals surface area contributed by atoms with Crippen molar-refractivity contribution in [2.45, 2.75) is 6.92 Å². The Balaban J connectivity index is 0.000000615. The zero-order valence-corrected chi connectivity index (χ0v) is 14.2. The van der Waals surface area contributed by atoms with Gasteiger partial charge in [-0.2, -0.15) is 0 Å². The van der Waals surface area contributed by atoms with Gasteiger partial charge >= 0.3 is 0 Å². The lowest BCUT2D eigenvalue weighted by Gasteiger charge is -2.18. The highest BCUT2D eigenvalue weighted by Crippen LogP contribution is 2.32. The van der Waals surface area contributed by atoms with Crippen molar-refractivity contribution in [3.63, 3.8) is 0 Å². The van der Waals surface area contributed by atoms with Crippen LogP contribution >= 0.6 is 7.92 Å². The average Bonchev–Trinajstić information content (AvgIpc) is 2.59. The molecule has 0 amide bonds. The van der Waals surface area contributed by atoms with Gasteiger partial charge < -0.3 is 10.6 Å². The van der Waals surface area contributed by atoms with Crippen LogP contribution in [0, 0.1) is 0 Å². The molecule has 0 aliphatic carbocycles. The van der Waals surface area contributed by atoms with Crippen LogP contribution in [0.4, 0.5) is 0 Å². The van der Waals surface area contributed by atoms with E-state index in [4.69, 9.17) is 5.11 Å². The first kappa shape index (κ1) is 19.1. The highest BCUT2D eigenvalue weighted by molar-refractivity contribution is 7.79. The standard InChI is InChI=1S/C18H15P.C2H6O.H2O/c1-4-10-16(11-5-1)19(17-12-6-2-7-13-17)18-14-8-3-9-15-18;1-2-3;/h1-15H;3H,2H2,1H3;1H2. The van der Waals surface area contributed by atoms with E-state index in [2.05, 4.69) is 91.0 Å². The van der Waals surface area contributed by atoms with Crippen LogP contribution in [0.5, 0.6) is 0 Å². The molecule has 3 rings (SSSR count). The fourth-order valence-corrected chi connectivity index (χ4v) is 4.48. The third-order valence-corrected chi connectivity index (χ3v) is 5.49. The Morgan fingerprint density at radius 1 is 0.609 bits per heavy atom. The summed E-state index contributed by atoms with van der Waals surface area (Å²) >= 11 is 0. The zero-order valence-electron chi connectivity index (χ0n) is 13.3. The highest BCUT2D eigenvalue weighted by atomic mass is 31.1. The van der Waals surface area contributed by atoms with Gasteiger partial charge in [0.2, 0.25) is 0 Å². The summed E-state index contributed by atoms with van der Waals surface area (Å²) in [5.74, 6) is 0. The molecule has 3 N–H and O–H groups in total. The lowest BCUT2D eigenvalue weighted by Crippen LogP contribution is -2.20. The van der Waals surface area contributed by atoms with E-state index in [1.54, 1.807) is 6.92 Å². The molecule has 0 saturated carbocycles. The Morgan fingerprint density at radius 2 is 0.826 bits per heavy atom. The van der Waals surface area contributed by atoms with Gasteiger partial charge in [0.05, 0.1) is 0 Å². The molecule has 3 aromatic carbocycles. The summed E-state index contributed by atoms with van der Waals surface area (Å²) in [6.45, 7) is 1.93. The maximum Gasteiger partial charge on any atom is 0.0402 e. The van der Waals surface area contributed by atoms with Gasteiger partial charge in [0.1, 0.15) is 0 Å². The Morgan fingerprint density at radius 3 is 1.04 bits per heavy atom. The summed E-state index contributed by atoms with van der Waals surface area (Å²) < 4.78 is 0. The van der Waals surface area contributed by atoms with Crippen LogP contribution in [0.1, 0.15) is 6.92 Å². The fraction of sp³-hybridized carbons (Fsp3) is 0.100. The molecule has 23 heavy (non-hydrogen) atoms.